The van der Waals surface area contributed by atoms with Crippen LogP contribution in [0.3, 0.4) is 0 Å². The minimum atomic E-state index is -1.32. The number of aliphatic carboxylic acids is 2. The molecule has 2 atom stereocenters. The molecule has 0 aliphatic heterocycles. The number of thiocarbonyl (C=S) groups is 2. The summed E-state index contributed by atoms with van der Waals surface area (Å²) >= 11 is 9.58. The number of nitrogens with one attached hydrogen (secondary N) is 1. The highest BCUT2D eigenvalue weighted by Gasteiger charge is 2.27. The second-order valence-corrected chi connectivity index (χ2v) is 5.61. The van der Waals surface area contributed by atoms with E-state index in [1.807, 2.05) is 4.90 Å². The summed E-state index contributed by atoms with van der Waals surface area (Å²) in [6.45, 7) is 0.194. The van der Waals surface area contributed by atoms with Crippen LogP contribution in [0, 0.1) is 0 Å². The molecule has 11 heteroatoms. The van der Waals surface area contributed by atoms with Crippen LogP contribution in [0.5, 0.6) is 0 Å². The summed E-state index contributed by atoms with van der Waals surface area (Å²) < 4.78 is 0. The average Bonchev–Trinajstić information content (AvgIpc) is 2.51. The maximum absolute atomic E-state index is 11.4. The highest BCUT2D eigenvalue weighted by atomic mass is 32.1. The van der Waals surface area contributed by atoms with E-state index in [2.05, 4.69) is 5.32 Å². The molecule has 0 aromatic carbocycles. The van der Waals surface area contributed by atoms with Gasteiger partial charge in [0.2, 0.25) is 0 Å². The number of rotatable bonds is 15. The van der Waals surface area contributed by atoms with Crippen LogP contribution in [0.4, 0.5) is 0 Å². The number of hydrogen-bond acceptors (Lipinski definition) is 9. The van der Waals surface area contributed by atoms with Crippen LogP contribution in [-0.2, 0) is 9.59 Å². The van der Waals surface area contributed by atoms with Crippen LogP contribution in [0.1, 0.15) is 0 Å². The Morgan fingerprint density at radius 1 is 1.12 bits per heavy atom. The number of hydrogen-bond donors (Lipinski definition) is 5. The fraction of sp³-hybridized carbons (Fsp3) is 0.692. The molecule has 9 nitrogen and oxygen atoms in total. The molecule has 0 saturated carbocycles. The lowest BCUT2D eigenvalue weighted by molar-refractivity contribution is -0.148. The second kappa shape index (κ2) is 13.2. The molecule has 2 unspecified atom stereocenters. The van der Waals surface area contributed by atoms with Crippen molar-refractivity contribution in [2.45, 2.75) is 12.3 Å². The lowest BCUT2D eigenvalue weighted by atomic mass is 10.3. The number of nitrogens with zero attached hydrogens (tertiary/aromatic N) is 2. The van der Waals surface area contributed by atoms with Gasteiger partial charge in [0, 0.05) is 32.7 Å². The molecule has 0 aliphatic rings. The molecule has 0 spiro atoms. The summed E-state index contributed by atoms with van der Waals surface area (Å²) in [6.07, 6.45) is -2.45. The van der Waals surface area contributed by atoms with Gasteiger partial charge >= 0.3 is 11.9 Å². The standard InChI is InChI=1S/C13H23N3O6S2/c17-9-10(18)7-14-12(13(21)22)16(8-11(19)20)2-1-15(3-5-23)4-6-24/h5-6,10,12,14,17-18H,1-4,7-9H2,(H,19,20)(H,21,22). The molecule has 0 heterocycles. The van der Waals surface area contributed by atoms with Crippen molar-refractivity contribution in [2.75, 3.05) is 45.9 Å². The monoisotopic (exact) mass is 381 g/mol. The van der Waals surface area contributed by atoms with Crippen LogP contribution in [0.2, 0.25) is 0 Å². The number of carboxylic acid groups (broad SMARTS) is 2. The van der Waals surface area contributed by atoms with Crippen molar-refractivity contribution >= 4 is 47.1 Å². The van der Waals surface area contributed by atoms with Crippen LogP contribution < -0.4 is 5.32 Å². The maximum Gasteiger partial charge on any atom is 0.335 e. The van der Waals surface area contributed by atoms with Crippen molar-refractivity contribution in [3.63, 3.8) is 0 Å². The predicted octanol–water partition coefficient (Wildman–Crippen LogP) is -1.97. The van der Waals surface area contributed by atoms with E-state index in [1.54, 1.807) is 0 Å². The molecular weight excluding hydrogens is 358 g/mol. The number of carbonyl (C=O) groups is 2. The van der Waals surface area contributed by atoms with Gasteiger partial charge in [0.25, 0.3) is 0 Å². The van der Waals surface area contributed by atoms with Gasteiger partial charge in [-0.2, -0.15) is 0 Å². The molecule has 0 aromatic rings. The van der Waals surface area contributed by atoms with Crippen molar-refractivity contribution in [3.05, 3.63) is 0 Å². The van der Waals surface area contributed by atoms with E-state index in [0.29, 0.717) is 19.6 Å². The highest BCUT2D eigenvalue weighted by molar-refractivity contribution is 7.79. The molecule has 0 saturated heterocycles. The van der Waals surface area contributed by atoms with Gasteiger partial charge in [-0.05, 0) is 10.7 Å². The lowest BCUT2D eigenvalue weighted by Crippen LogP contribution is -2.56. The molecule has 24 heavy (non-hydrogen) atoms. The Hall–Kier alpha value is -1.08. The zero-order valence-corrected chi connectivity index (χ0v) is 14.7. The number of carboxylic acids is 2. The van der Waals surface area contributed by atoms with Crippen LogP contribution in [-0.4, -0.2) is 111 Å². The zero-order valence-electron chi connectivity index (χ0n) is 13.1. The molecule has 0 bridgehead atoms. The van der Waals surface area contributed by atoms with E-state index < -0.39 is 37.4 Å². The topological polar surface area (TPSA) is 134 Å². The van der Waals surface area contributed by atoms with E-state index in [-0.39, 0.29) is 13.1 Å². The van der Waals surface area contributed by atoms with Crippen molar-refractivity contribution in [2.24, 2.45) is 0 Å². The molecule has 0 fully saturated rings. The fourth-order valence-electron chi connectivity index (χ4n) is 1.90. The van der Waals surface area contributed by atoms with Gasteiger partial charge in [-0.3, -0.25) is 19.9 Å². The van der Waals surface area contributed by atoms with E-state index in [9.17, 15) is 19.8 Å². The maximum atomic E-state index is 11.4. The Morgan fingerprint density at radius 2 is 1.71 bits per heavy atom. The first-order chi connectivity index (χ1) is 11.3. The minimum absolute atomic E-state index is 0.137. The molecular formula is C13H23N3O6S2. The van der Waals surface area contributed by atoms with Gasteiger partial charge in [-0.25, -0.2) is 4.79 Å². The summed E-state index contributed by atoms with van der Waals surface area (Å²) in [5.41, 5.74) is 0. The molecule has 0 amide bonds. The Kier molecular flexibility index (Phi) is 12.6. The fourth-order valence-corrected chi connectivity index (χ4v) is 2.32. The van der Waals surface area contributed by atoms with Crippen molar-refractivity contribution in [1.29, 1.82) is 0 Å². The zero-order chi connectivity index (χ0) is 18.5. The van der Waals surface area contributed by atoms with Crippen LogP contribution >= 0.6 is 24.4 Å². The normalized spacial score (nSPS) is 13.7. The first-order valence-electron chi connectivity index (χ1n) is 7.16. The molecule has 0 radical (unpaired) electrons. The van der Waals surface area contributed by atoms with E-state index in [0.717, 1.165) is 0 Å². The Bertz CT molecular complexity index is 417. The van der Waals surface area contributed by atoms with Crippen LogP contribution in [0.15, 0.2) is 0 Å². The average molecular weight is 381 g/mol. The lowest BCUT2D eigenvalue weighted by Gasteiger charge is -2.30. The highest BCUT2D eigenvalue weighted by Crippen LogP contribution is 2.00. The Balaban J connectivity index is 4.94. The van der Waals surface area contributed by atoms with Gasteiger partial charge in [0.15, 0.2) is 6.17 Å². The van der Waals surface area contributed by atoms with E-state index >= 15 is 0 Å². The summed E-state index contributed by atoms with van der Waals surface area (Å²) in [5.74, 6) is -2.46. The summed E-state index contributed by atoms with van der Waals surface area (Å²) in [7, 11) is 0. The summed E-state index contributed by atoms with van der Waals surface area (Å²) in [6, 6.07) is 0. The van der Waals surface area contributed by atoms with Gasteiger partial charge in [-0.1, -0.05) is 24.4 Å². The van der Waals surface area contributed by atoms with Crippen molar-refractivity contribution in [1.82, 2.24) is 15.1 Å². The van der Waals surface area contributed by atoms with Gasteiger partial charge in [0.1, 0.15) is 0 Å². The van der Waals surface area contributed by atoms with Gasteiger partial charge in [0.05, 0.1) is 19.3 Å². The van der Waals surface area contributed by atoms with Crippen molar-refractivity contribution in [3.8, 4) is 0 Å². The molecule has 0 aromatic heterocycles. The second-order valence-electron chi connectivity index (χ2n) is 4.94. The number of aliphatic hydroxyl groups excluding tert-OH is 2. The Morgan fingerprint density at radius 3 is 2.12 bits per heavy atom. The predicted molar refractivity (Wildman–Crippen MR) is 95.5 cm³/mol. The quantitative estimate of drug-likeness (QED) is 0.160. The SMILES string of the molecule is O=C(O)CN(CCN(CC=S)CC=S)C(NCC(O)CO)C(=O)O. The molecule has 0 rings (SSSR count). The molecule has 5 N–H and O–H groups in total. The minimum Gasteiger partial charge on any atom is -0.480 e. The largest absolute Gasteiger partial charge is 0.480 e. The third-order valence-corrected chi connectivity index (χ3v) is 3.36. The van der Waals surface area contributed by atoms with Crippen molar-refractivity contribution < 1.29 is 30.0 Å². The molecule has 0 aliphatic carbocycles. The first kappa shape index (κ1) is 22.9. The Labute approximate surface area is 150 Å². The smallest absolute Gasteiger partial charge is 0.335 e. The molecule has 138 valence electrons. The van der Waals surface area contributed by atoms with Gasteiger partial charge < -0.3 is 20.4 Å². The third kappa shape index (κ3) is 9.93. The van der Waals surface area contributed by atoms with Crippen LogP contribution in [0.25, 0.3) is 0 Å². The third-order valence-electron chi connectivity index (χ3n) is 3.06. The van der Waals surface area contributed by atoms with E-state index in [1.165, 1.54) is 15.6 Å². The summed E-state index contributed by atoms with van der Waals surface area (Å²) in [4.78, 5) is 25.5. The van der Waals surface area contributed by atoms with Gasteiger partial charge in [-0.15, -0.1) is 0 Å². The number of aliphatic hydroxyl groups is 2. The first-order valence-corrected chi connectivity index (χ1v) is 8.10. The van der Waals surface area contributed by atoms with E-state index in [4.69, 9.17) is 34.6 Å². The summed E-state index contributed by atoms with van der Waals surface area (Å²) in [5, 5.41) is 42.0.